The average molecular weight is 754 g/mol. The highest BCUT2D eigenvalue weighted by atomic mass is 16.5. The molecule has 10 aromatic rings. The first-order valence-corrected chi connectivity index (χ1v) is 20.5. The summed E-state index contributed by atoms with van der Waals surface area (Å²) in [6.45, 7) is 4.73. The Morgan fingerprint density at radius 1 is 0.373 bits per heavy atom. The fraction of sp³-hybridized carbons (Fsp3) is 0.0526. The van der Waals surface area contributed by atoms with Crippen molar-refractivity contribution in [2.24, 2.45) is 0 Å². The van der Waals surface area contributed by atoms with Crippen molar-refractivity contribution in [3.8, 4) is 56.0 Å². The molecule has 0 atom stereocenters. The number of hydrogen-bond acceptors (Lipinski definition) is 2. The summed E-state index contributed by atoms with van der Waals surface area (Å²) in [7, 11) is 0. The Hall–Kier alpha value is -7.42. The SMILES string of the molecule is CC1(C)c2ccccc2-c2ccc(N(c3cccc4c3-c3cc5ccccc5cc3-c3c(cccc3-c3ccccc3)O4)c3cc4ccccc4c4ccccc34)cc21. The van der Waals surface area contributed by atoms with Crippen LogP contribution in [0.4, 0.5) is 17.1 Å². The molecule has 0 unspecified atom stereocenters. The summed E-state index contributed by atoms with van der Waals surface area (Å²) in [6, 6.07) is 73.2. The first-order chi connectivity index (χ1) is 29.0. The second-order valence-electron chi connectivity index (χ2n) is 16.4. The van der Waals surface area contributed by atoms with Gasteiger partial charge in [-0.05, 0) is 120 Å². The molecule has 1 heterocycles. The molecule has 0 aromatic heterocycles. The van der Waals surface area contributed by atoms with Gasteiger partial charge in [0.1, 0.15) is 11.5 Å². The van der Waals surface area contributed by atoms with Gasteiger partial charge in [-0.2, -0.15) is 0 Å². The van der Waals surface area contributed by atoms with Gasteiger partial charge in [0, 0.05) is 27.6 Å². The quantitative estimate of drug-likeness (QED) is 0.166. The predicted molar refractivity (Wildman–Crippen MR) is 248 cm³/mol. The van der Waals surface area contributed by atoms with Crippen molar-refractivity contribution in [2.75, 3.05) is 4.90 Å². The van der Waals surface area contributed by atoms with E-state index in [9.17, 15) is 0 Å². The van der Waals surface area contributed by atoms with Crippen LogP contribution in [0.25, 0.3) is 76.8 Å². The molecule has 0 fully saturated rings. The Morgan fingerprint density at radius 3 is 1.76 bits per heavy atom. The zero-order valence-electron chi connectivity index (χ0n) is 32.9. The second-order valence-corrected chi connectivity index (χ2v) is 16.4. The van der Waals surface area contributed by atoms with Gasteiger partial charge in [-0.25, -0.2) is 0 Å². The van der Waals surface area contributed by atoms with Crippen LogP contribution >= 0.6 is 0 Å². The van der Waals surface area contributed by atoms with Crippen molar-refractivity contribution in [1.82, 2.24) is 0 Å². The Bertz CT molecular complexity index is 3340. The summed E-state index contributed by atoms with van der Waals surface area (Å²) in [5, 5.41) is 7.24. The second kappa shape index (κ2) is 12.8. The van der Waals surface area contributed by atoms with E-state index in [0.29, 0.717) is 0 Å². The third-order valence-electron chi connectivity index (χ3n) is 12.8. The van der Waals surface area contributed by atoms with Gasteiger partial charge in [0.25, 0.3) is 0 Å². The summed E-state index contributed by atoms with van der Waals surface area (Å²) in [5.41, 5.74) is 15.2. The van der Waals surface area contributed by atoms with E-state index in [2.05, 4.69) is 219 Å². The zero-order valence-corrected chi connectivity index (χ0v) is 32.9. The van der Waals surface area contributed by atoms with E-state index in [4.69, 9.17) is 4.74 Å². The van der Waals surface area contributed by atoms with Gasteiger partial charge >= 0.3 is 0 Å². The summed E-state index contributed by atoms with van der Waals surface area (Å²) in [4.78, 5) is 2.50. The highest BCUT2D eigenvalue weighted by Crippen LogP contribution is 2.57. The van der Waals surface area contributed by atoms with E-state index < -0.39 is 0 Å². The maximum absolute atomic E-state index is 7.22. The van der Waals surface area contributed by atoms with Crippen LogP contribution in [0.2, 0.25) is 0 Å². The van der Waals surface area contributed by atoms with Crippen molar-refractivity contribution < 1.29 is 4.74 Å². The van der Waals surface area contributed by atoms with Gasteiger partial charge in [0.2, 0.25) is 0 Å². The normalized spacial score (nSPS) is 13.2. The summed E-state index contributed by atoms with van der Waals surface area (Å²) < 4.78 is 7.22. The fourth-order valence-electron chi connectivity index (χ4n) is 10.0. The highest BCUT2D eigenvalue weighted by Gasteiger charge is 2.36. The molecule has 0 saturated heterocycles. The number of hydrogen-bond donors (Lipinski definition) is 0. The lowest BCUT2D eigenvalue weighted by atomic mass is 9.82. The molecule has 0 bridgehead atoms. The van der Waals surface area contributed by atoms with Crippen LogP contribution in [0, 0.1) is 0 Å². The Morgan fingerprint density at radius 2 is 0.966 bits per heavy atom. The van der Waals surface area contributed by atoms with Crippen LogP contribution in [0.1, 0.15) is 25.0 Å². The van der Waals surface area contributed by atoms with Gasteiger partial charge < -0.3 is 9.64 Å². The van der Waals surface area contributed by atoms with E-state index in [0.717, 1.165) is 61.9 Å². The topological polar surface area (TPSA) is 12.5 Å². The molecule has 1 aliphatic heterocycles. The van der Waals surface area contributed by atoms with E-state index in [1.165, 1.54) is 54.6 Å². The Balaban J connectivity index is 1.19. The molecular weight excluding hydrogens is 715 g/mol. The minimum Gasteiger partial charge on any atom is -0.456 e. The zero-order chi connectivity index (χ0) is 39.2. The van der Waals surface area contributed by atoms with Gasteiger partial charge in [0.15, 0.2) is 0 Å². The lowest BCUT2D eigenvalue weighted by Crippen LogP contribution is -2.17. The van der Waals surface area contributed by atoms with Crippen molar-refractivity contribution in [3.05, 3.63) is 211 Å². The molecule has 278 valence electrons. The molecule has 2 nitrogen and oxygen atoms in total. The number of nitrogens with zero attached hydrogens (tertiary/aromatic N) is 1. The molecule has 2 heteroatoms. The van der Waals surface area contributed by atoms with Crippen molar-refractivity contribution in [3.63, 3.8) is 0 Å². The molecule has 59 heavy (non-hydrogen) atoms. The number of ether oxygens (including phenoxy) is 1. The fourth-order valence-corrected chi connectivity index (χ4v) is 10.0. The van der Waals surface area contributed by atoms with Crippen LogP contribution in [-0.2, 0) is 5.41 Å². The van der Waals surface area contributed by atoms with E-state index in [-0.39, 0.29) is 5.41 Å². The first kappa shape index (κ1) is 33.7. The molecule has 1 aliphatic carbocycles. The van der Waals surface area contributed by atoms with E-state index in [1.807, 2.05) is 0 Å². The number of anilines is 3. The largest absolute Gasteiger partial charge is 0.456 e. The number of rotatable bonds is 4. The smallest absolute Gasteiger partial charge is 0.137 e. The van der Waals surface area contributed by atoms with Crippen LogP contribution in [0.15, 0.2) is 200 Å². The number of benzene rings is 10. The predicted octanol–water partition coefficient (Wildman–Crippen LogP) is 16.0. The maximum Gasteiger partial charge on any atom is 0.137 e. The molecule has 0 amide bonds. The average Bonchev–Trinajstić information content (AvgIpc) is 3.41. The molecule has 2 aliphatic rings. The minimum atomic E-state index is -0.170. The van der Waals surface area contributed by atoms with Gasteiger partial charge in [-0.3, -0.25) is 0 Å². The Labute approximate surface area is 344 Å². The molecule has 10 aromatic carbocycles. The monoisotopic (exact) mass is 753 g/mol. The molecule has 0 saturated carbocycles. The van der Waals surface area contributed by atoms with Crippen LogP contribution in [0.5, 0.6) is 11.5 Å². The summed E-state index contributed by atoms with van der Waals surface area (Å²) in [6.07, 6.45) is 0. The van der Waals surface area contributed by atoms with Crippen molar-refractivity contribution >= 4 is 49.4 Å². The summed E-state index contributed by atoms with van der Waals surface area (Å²) >= 11 is 0. The Kier molecular flexibility index (Phi) is 7.31. The van der Waals surface area contributed by atoms with Gasteiger partial charge in [0.05, 0.1) is 11.4 Å². The van der Waals surface area contributed by atoms with Gasteiger partial charge in [-0.1, -0.05) is 166 Å². The van der Waals surface area contributed by atoms with Crippen molar-refractivity contribution in [1.29, 1.82) is 0 Å². The third kappa shape index (κ3) is 5.06. The van der Waals surface area contributed by atoms with E-state index in [1.54, 1.807) is 0 Å². The lowest BCUT2D eigenvalue weighted by Gasteiger charge is -2.31. The maximum atomic E-state index is 7.22. The molecule has 0 radical (unpaired) electrons. The van der Waals surface area contributed by atoms with Crippen LogP contribution in [0.3, 0.4) is 0 Å². The van der Waals surface area contributed by atoms with Crippen molar-refractivity contribution in [2.45, 2.75) is 19.3 Å². The number of fused-ring (bicyclic) bond motifs is 12. The molecule has 12 rings (SSSR count). The van der Waals surface area contributed by atoms with Crippen LogP contribution < -0.4 is 9.64 Å². The standard InChI is InChI=1S/C57H39NO/c1-57(2)49-26-13-12-23-44(49)45-31-30-40(35-50(45)57)58(52-34-39-20-8-9-21-41(39)43-22-10-11-24-46(43)52)51-27-15-29-54-56(51)48-33-38-19-7-6-18-37(38)32-47(48)55-42(25-14-28-53(55)59-54)36-16-4-3-5-17-36/h3-35H,1-2H3. The molecular formula is C57H39NO. The highest BCUT2D eigenvalue weighted by molar-refractivity contribution is 6.16. The first-order valence-electron chi connectivity index (χ1n) is 20.5. The third-order valence-corrected chi connectivity index (χ3v) is 12.8. The van der Waals surface area contributed by atoms with Crippen LogP contribution in [-0.4, -0.2) is 0 Å². The molecule has 0 spiro atoms. The van der Waals surface area contributed by atoms with Gasteiger partial charge in [-0.15, -0.1) is 0 Å². The minimum absolute atomic E-state index is 0.170. The van der Waals surface area contributed by atoms with E-state index >= 15 is 0 Å². The summed E-state index contributed by atoms with van der Waals surface area (Å²) in [5.74, 6) is 1.67. The lowest BCUT2D eigenvalue weighted by molar-refractivity contribution is 0.488. The molecule has 0 N–H and O–H groups in total.